The second kappa shape index (κ2) is 8.55. The fraction of sp³-hybridized carbons (Fsp3) is 0.421. The number of sulfonamides is 1. The van der Waals surface area contributed by atoms with E-state index < -0.39 is 16.1 Å². The van der Waals surface area contributed by atoms with Crippen LogP contribution in [0.25, 0.3) is 0 Å². The lowest BCUT2D eigenvalue weighted by molar-refractivity contribution is 0.256. The number of urea groups is 1. The summed E-state index contributed by atoms with van der Waals surface area (Å²) in [4.78, 5) is 21.9. The molecule has 1 heterocycles. The highest BCUT2D eigenvalue weighted by molar-refractivity contribution is 7.90. The van der Waals surface area contributed by atoms with Gasteiger partial charge >= 0.3 is 6.03 Å². The second-order valence-electron chi connectivity index (χ2n) is 7.29. The molecule has 2 rings (SSSR count). The van der Waals surface area contributed by atoms with Gasteiger partial charge in [0.1, 0.15) is 12.1 Å². The van der Waals surface area contributed by atoms with E-state index in [1.54, 1.807) is 19.0 Å². The van der Waals surface area contributed by atoms with Gasteiger partial charge in [0.25, 0.3) is 10.0 Å². The maximum Gasteiger partial charge on any atom is 0.333 e. The summed E-state index contributed by atoms with van der Waals surface area (Å²) < 4.78 is 27.2. The third-order valence-corrected chi connectivity index (χ3v) is 5.43. The van der Waals surface area contributed by atoms with Gasteiger partial charge in [-0.05, 0) is 23.0 Å². The fourth-order valence-electron chi connectivity index (χ4n) is 2.73. The summed E-state index contributed by atoms with van der Waals surface area (Å²) in [5, 5.41) is 2.45. The van der Waals surface area contributed by atoms with Gasteiger partial charge in [0.2, 0.25) is 0 Å². The molecule has 0 aliphatic heterocycles. The Bertz CT molecular complexity index is 930. The number of carbonyl (C=O) groups excluding carboxylic acids is 1. The first-order chi connectivity index (χ1) is 13.0. The van der Waals surface area contributed by atoms with Gasteiger partial charge in [-0.1, -0.05) is 45.9 Å². The lowest BCUT2D eigenvalue weighted by Gasteiger charge is -2.20. The summed E-state index contributed by atoms with van der Waals surface area (Å²) in [7, 11) is -0.679. The fourth-order valence-corrected chi connectivity index (χ4v) is 3.58. The zero-order valence-corrected chi connectivity index (χ0v) is 17.8. The largest absolute Gasteiger partial charge is 0.363 e. The Labute approximate surface area is 166 Å². The number of nitrogens with zero attached hydrogens (tertiary/aromatic N) is 3. The van der Waals surface area contributed by atoms with Crippen molar-refractivity contribution in [3.8, 4) is 0 Å². The average Bonchev–Trinajstić information content (AvgIpc) is 2.61. The third kappa shape index (κ3) is 4.98. The molecule has 0 radical (unpaired) electrons. The molecule has 2 N–H and O–H groups in total. The Morgan fingerprint density at radius 3 is 2.11 bits per heavy atom. The normalized spacial score (nSPS) is 11.6. The van der Waals surface area contributed by atoms with Crippen LogP contribution in [0.5, 0.6) is 0 Å². The van der Waals surface area contributed by atoms with Crippen molar-refractivity contribution in [1.82, 2.24) is 14.7 Å². The molecule has 8 nitrogen and oxygen atoms in total. The summed E-state index contributed by atoms with van der Waals surface area (Å²) in [6, 6.07) is 6.26. The maximum atomic E-state index is 12.6. The molecule has 0 saturated heterocycles. The van der Waals surface area contributed by atoms with Crippen molar-refractivity contribution in [3.63, 3.8) is 0 Å². The van der Waals surface area contributed by atoms with Crippen molar-refractivity contribution in [2.24, 2.45) is 0 Å². The van der Waals surface area contributed by atoms with Gasteiger partial charge in [0.05, 0.1) is 0 Å². The highest BCUT2D eigenvalue weighted by atomic mass is 32.2. The molecular weight excluding hydrogens is 378 g/mol. The molecule has 9 heteroatoms. The lowest BCUT2D eigenvalue weighted by Crippen LogP contribution is -2.35. The van der Waals surface area contributed by atoms with E-state index in [4.69, 9.17) is 0 Å². The lowest BCUT2D eigenvalue weighted by atomic mass is 9.93. The van der Waals surface area contributed by atoms with Gasteiger partial charge in [0.15, 0.2) is 5.03 Å². The number of nitrogens with one attached hydrogen (secondary N) is 2. The SMILES string of the molecule is CC(C)c1cccc(C(C)C)c1NC(=O)NS(=O)(=O)c1cc(N(C)C)ncn1. The van der Waals surface area contributed by atoms with E-state index in [9.17, 15) is 13.2 Å². The van der Waals surface area contributed by atoms with Gasteiger partial charge < -0.3 is 10.2 Å². The van der Waals surface area contributed by atoms with E-state index >= 15 is 0 Å². The molecule has 0 spiro atoms. The Kier molecular flexibility index (Phi) is 6.60. The van der Waals surface area contributed by atoms with Crippen LogP contribution >= 0.6 is 0 Å². The summed E-state index contributed by atoms with van der Waals surface area (Å²) in [5.74, 6) is 0.744. The monoisotopic (exact) mass is 405 g/mol. The number of para-hydroxylation sites is 1. The number of benzene rings is 1. The van der Waals surface area contributed by atoms with Crippen molar-refractivity contribution in [3.05, 3.63) is 41.7 Å². The van der Waals surface area contributed by atoms with E-state index in [0.29, 0.717) is 11.5 Å². The molecular formula is C19H27N5O3S. The molecule has 0 aliphatic rings. The van der Waals surface area contributed by atoms with Crippen molar-refractivity contribution in [2.75, 3.05) is 24.3 Å². The van der Waals surface area contributed by atoms with Crippen LogP contribution in [0, 0.1) is 0 Å². The minimum atomic E-state index is -4.14. The first-order valence-electron chi connectivity index (χ1n) is 8.99. The molecule has 0 saturated carbocycles. The number of hydrogen-bond donors (Lipinski definition) is 2. The van der Waals surface area contributed by atoms with E-state index in [1.165, 1.54) is 6.07 Å². The molecule has 1 aromatic heterocycles. The number of carbonyl (C=O) groups is 1. The van der Waals surface area contributed by atoms with Crippen LogP contribution in [0.4, 0.5) is 16.3 Å². The Morgan fingerprint density at radius 2 is 1.61 bits per heavy atom. The molecule has 2 aromatic rings. The van der Waals surface area contributed by atoms with E-state index in [1.807, 2.05) is 50.6 Å². The molecule has 0 unspecified atom stereocenters. The zero-order valence-electron chi connectivity index (χ0n) is 17.0. The van der Waals surface area contributed by atoms with E-state index in [0.717, 1.165) is 17.5 Å². The smallest absolute Gasteiger partial charge is 0.333 e. The highest BCUT2D eigenvalue weighted by Gasteiger charge is 2.22. The summed E-state index contributed by atoms with van der Waals surface area (Å²) in [6.45, 7) is 8.07. The third-order valence-electron chi connectivity index (χ3n) is 4.20. The highest BCUT2D eigenvalue weighted by Crippen LogP contribution is 2.32. The average molecular weight is 406 g/mol. The standard InChI is InChI=1S/C19H27N5O3S/c1-12(2)14-8-7-9-15(13(3)4)18(14)22-19(25)23-28(26,27)17-10-16(24(5)6)20-11-21-17/h7-13H,1-6H3,(H2,22,23,25). The molecule has 2 amide bonds. The molecule has 0 fully saturated rings. The van der Waals surface area contributed by atoms with Crippen LogP contribution in [0.15, 0.2) is 35.6 Å². The molecule has 28 heavy (non-hydrogen) atoms. The van der Waals surface area contributed by atoms with Crippen molar-refractivity contribution in [1.29, 1.82) is 0 Å². The topological polar surface area (TPSA) is 104 Å². The van der Waals surface area contributed by atoms with Crippen LogP contribution in [-0.4, -0.2) is 38.5 Å². The summed E-state index contributed by atoms with van der Waals surface area (Å²) >= 11 is 0. The van der Waals surface area contributed by atoms with Crippen LogP contribution in [0.1, 0.15) is 50.7 Å². The zero-order chi connectivity index (χ0) is 21.1. The van der Waals surface area contributed by atoms with Gasteiger partial charge in [-0.3, -0.25) is 0 Å². The van der Waals surface area contributed by atoms with E-state index in [-0.39, 0.29) is 16.9 Å². The number of amides is 2. The van der Waals surface area contributed by atoms with E-state index in [2.05, 4.69) is 15.3 Å². The summed E-state index contributed by atoms with van der Waals surface area (Å²) in [5.41, 5.74) is 2.52. The van der Waals surface area contributed by atoms with Crippen LogP contribution in [0.2, 0.25) is 0 Å². The quantitative estimate of drug-likeness (QED) is 0.715. The van der Waals surface area contributed by atoms with Gasteiger partial charge in [-0.15, -0.1) is 0 Å². The molecule has 1 aromatic carbocycles. The first kappa shape index (κ1) is 21.6. The predicted octanol–water partition coefficient (Wildman–Crippen LogP) is 3.30. The minimum absolute atomic E-state index is 0.162. The Hall–Kier alpha value is -2.68. The minimum Gasteiger partial charge on any atom is -0.363 e. The van der Waals surface area contributed by atoms with Crippen LogP contribution in [0.3, 0.4) is 0 Å². The Morgan fingerprint density at radius 1 is 1.04 bits per heavy atom. The van der Waals surface area contributed by atoms with Crippen molar-refractivity contribution in [2.45, 2.75) is 44.6 Å². The van der Waals surface area contributed by atoms with Gasteiger partial charge in [0, 0.05) is 25.8 Å². The summed E-state index contributed by atoms with van der Waals surface area (Å²) in [6.07, 6.45) is 1.15. The van der Waals surface area contributed by atoms with Crippen molar-refractivity contribution >= 4 is 27.6 Å². The number of anilines is 2. The van der Waals surface area contributed by atoms with Crippen molar-refractivity contribution < 1.29 is 13.2 Å². The van der Waals surface area contributed by atoms with Crippen LogP contribution in [-0.2, 0) is 10.0 Å². The maximum absolute atomic E-state index is 12.6. The molecule has 152 valence electrons. The molecule has 0 aliphatic carbocycles. The number of rotatable bonds is 6. The van der Waals surface area contributed by atoms with Gasteiger partial charge in [-0.2, -0.15) is 8.42 Å². The predicted molar refractivity (Wildman–Crippen MR) is 110 cm³/mol. The second-order valence-corrected chi connectivity index (χ2v) is 8.92. The number of aromatic nitrogens is 2. The van der Waals surface area contributed by atoms with Crippen LogP contribution < -0.4 is 14.9 Å². The first-order valence-corrected chi connectivity index (χ1v) is 10.5. The number of hydrogen-bond acceptors (Lipinski definition) is 6. The Balaban J connectivity index is 2.30. The molecule has 0 bridgehead atoms. The molecule has 0 atom stereocenters. The van der Waals surface area contributed by atoms with Gasteiger partial charge in [-0.25, -0.2) is 19.5 Å².